The lowest BCUT2D eigenvalue weighted by molar-refractivity contribution is 0.0957. The molecule has 2 heterocycles. The van der Waals surface area contributed by atoms with E-state index < -0.39 is 5.38 Å². The van der Waals surface area contributed by atoms with Gasteiger partial charge in [-0.1, -0.05) is 13.0 Å². The van der Waals surface area contributed by atoms with Gasteiger partial charge in [0.15, 0.2) is 0 Å². The zero-order valence-electron chi connectivity index (χ0n) is 11.7. The van der Waals surface area contributed by atoms with Gasteiger partial charge in [-0.05, 0) is 29.8 Å². The quantitative estimate of drug-likeness (QED) is 0.885. The van der Waals surface area contributed by atoms with E-state index in [9.17, 15) is 4.79 Å². The second kappa shape index (κ2) is 5.82. The van der Waals surface area contributed by atoms with Crippen LogP contribution in [-0.4, -0.2) is 19.1 Å². The first-order valence-electron chi connectivity index (χ1n) is 6.96. The van der Waals surface area contributed by atoms with Gasteiger partial charge in [-0.15, -0.1) is 11.6 Å². The van der Waals surface area contributed by atoms with E-state index in [1.54, 1.807) is 12.1 Å². The predicted octanol–water partition coefficient (Wildman–Crippen LogP) is 3.29. The number of rotatable bonds is 3. The highest BCUT2D eigenvalue weighted by Gasteiger charge is 2.21. The number of furan rings is 1. The topological polar surface area (TPSA) is 51.5 Å². The molecule has 0 bridgehead atoms. The number of benzene rings is 1. The van der Waals surface area contributed by atoms with Gasteiger partial charge in [0.1, 0.15) is 29.3 Å². The molecule has 1 amide bonds. The maximum absolute atomic E-state index is 12.0. The molecule has 0 aliphatic carbocycles. The fourth-order valence-corrected chi connectivity index (χ4v) is 2.57. The molecule has 0 radical (unpaired) electrons. The molecule has 110 valence electrons. The summed E-state index contributed by atoms with van der Waals surface area (Å²) in [5.41, 5.74) is 1.32. The standard InChI is InChI=1S/C16H16ClNO3/c1-2-11-4-6-14(21-11)15(17)10-3-5-13-12(9-10)16(19)18-7-8-20-13/h3-6,9,15H,2,7-8H2,1H3,(H,18,19). The first kappa shape index (κ1) is 14.0. The lowest BCUT2D eigenvalue weighted by atomic mass is 10.0. The fourth-order valence-electron chi connectivity index (χ4n) is 2.31. The highest BCUT2D eigenvalue weighted by atomic mass is 35.5. The molecule has 1 aliphatic rings. The van der Waals surface area contributed by atoms with Crippen LogP contribution in [0.2, 0.25) is 0 Å². The Kier molecular flexibility index (Phi) is 3.88. The number of aryl methyl sites for hydroxylation is 1. The summed E-state index contributed by atoms with van der Waals surface area (Å²) in [6.45, 7) is 3.00. The van der Waals surface area contributed by atoms with Crippen LogP contribution in [0.5, 0.6) is 5.75 Å². The monoisotopic (exact) mass is 305 g/mol. The Balaban J connectivity index is 1.93. The third-order valence-electron chi connectivity index (χ3n) is 3.47. The molecule has 0 saturated carbocycles. The number of carbonyl (C=O) groups excluding carboxylic acids is 1. The Bertz CT molecular complexity index is 665. The molecule has 4 nitrogen and oxygen atoms in total. The van der Waals surface area contributed by atoms with Crippen molar-refractivity contribution in [2.45, 2.75) is 18.7 Å². The molecule has 0 spiro atoms. The smallest absolute Gasteiger partial charge is 0.255 e. The van der Waals surface area contributed by atoms with Crippen molar-refractivity contribution in [2.75, 3.05) is 13.2 Å². The van der Waals surface area contributed by atoms with E-state index in [2.05, 4.69) is 5.32 Å². The molecule has 1 aromatic heterocycles. The summed E-state index contributed by atoms with van der Waals surface area (Å²) in [4.78, 5) is 12.0. The maximum atomic E-state index is 12.0. The van der Waals surface area contributed by atoms with E-state index in [1.807, 2.05) is 25.1 Å². The number of hydrogen-bond donors (Lipinski definition) is 1. The van der Waals surface area contributed by atoms with E-state index in [-0.39, 0.29) is 5.91 Å². The van der Waals surface area contributed by atoms with Crippen molar-refractivity contribution in [1.29, 1.82) is 0 Å². The molecule has 1 atom stereocenters. The molecule has 1 N–H and O–H groups in total. The van der Waals surface area contributed by atoms with Crippen LogP contribution >= 0.6 is 11.6 Å². The van der Waals surface area contributed by atoms with E-state index in [0.29, 0.717) is 30.2 Å². The Labute approximate surface area is 128 Å². The molecule has 3 rings (SSSR count). The zero-order valence-corrected chi connectivity index (χ0v) is 12.4. The molecule has 2 aromatic rings. The van der Waals surface area contributed by atoms with Crippen LogP contribution < -0.4 is 10.1 Å². The summed E-state index contributed by atoms with van der Waals surface area (Å²) in [5.74, 6) is 2.03. The summed E-state index contributed by atoms with van der Waals surface area (Å²) in [7, 11) is 0. The van der Waals surface area contributed by atoms with E-state index in [0.717, 1.165) is 17.7 Å². The largest absolute Gasteiger partial charge is 0.491 e. The normalized spacial score (nSPS) is 15.6. The Hall–Kier alpha value is -1.94. The summed E-state index contributed by atoms with van der Waals surface area (Å²) < 4.78 is 11.2. The number of nitrogens with one attached hydrogen (secondary N) is 1. The van der Waals surface area contributed by atoms with Gasteiger partial charge in [0.05, 0.1) is 12.1 Å². The van der Waals surface area contributed by atoms with Crippen molar-refractivity contribution >= 4 is 17.5 Å². The maximum Gasteiger partial charge on any atom is 0.255 e. The summed E-state index contributed by atoms with van der Waals surface area (Å²) in [6, 6.07) is 9.21. The second-order valence-electron chi connectivity index (χ2n) is 4.88. The molecular weight excluding hydrogens is 290 g/mol. The van der Waals surface area contributed by atoms with Crippen LogP contribution in [0.3, 0.4) is 0 Å². The van der Waals surface area contributed by atoms with Gasteiger partial charge in [0, 0.05) is 6.42 Å². The SMILES string of the molecule is CCc1ccc(C(Cl)c2ccc3c(c2)C(=O)NCCO3)o1. The van der Waals surface area contributed by atoms with Gasteiger partial charge in [-0.2, -0.15) is 0 Å². The second-order valence-corrected chi connectivity index (χ2v) is 5.32. The molecule has 0 fully saturated rings. The van der Waals surface area contributed by atoms with Crippen molar-refractivity contribution in [1.82, 2.24) is 5.32 Å². The third-order valence-corrected chi connectivity index (χ3v) is 3.93. The first-order chi connectivity index (χ1) is 10.2. The number of alkyl halides is 1. The average Bonchev–Trinajstić information content (AvgIpc) is 2.92. The van der Waals surface area contributed by atoms with Crippen LogP contribution in [0, 0.1) is 0 Å². The van der Waals surface area contributed by atoms with E-state index in [1.165, 1.54) is 0 Å². The molecule has 0 saturated heterocycles. The van der Waals surface area contributed by atoms with Crippen LogP contribution in [-0.2, 0) is 6.42 Å². The third kappa shape index (κ3) is 2.76. The molecule has 5 heteroatoms. The minimum absolute atomic E-state index is 0.137. The van der Waals surface area contributed by atoms with Gasteiger partial charge in [-0.3, -0.25) is 4.79 Å². The van der Waals surface area contributed by atoms with Crippen molar-refractivity contribution in [3.8, 4) is 5.75 Å². The number of ether oxygens (including phenoxy) is 1. The Morgan fingerprint density at radius 3 is 2.95 bits per heavy atom. The summed E-state index contributed by atoms with van der Waals surface area (Å²) in [5, 5.41) is 2.37. The minimum atomic E-state index is -0.424. The lowest BCUT2D eigenvalue weighted by Gasteiger charge is -2.11. The molecule has 1 unspecified atom stereocenters. The molecule has 21 heavy (non-hydrogen) atoms. The van der Waals surface area contributed by atoms with E-state index >= 15 is 0 Å². The van der Waals surface area contributed by atoms with Crippen LogP contribution in [0.15, 0.2) is 34.7 Å². The number of hydrogen-bond acceptors (Lipinski definition) is 3. The molecular formula is C16H16ClNO3. The number of amides is 1. The molecule has 1 aliphatic heterocycles. The Morgan fingerprint density at radius 2 is 2.19 bits per heavy atom. The summed E-state index contributed by atoms with van der Waals surface area (Å²) in [6.07, 6.45) is 0.823. The minimum Gasteiger partial charge on any atom is -0.491 e. The first-order valence-corrected chi connectivity index (χ1v) is 7.40. The summed E-state index contributed by atoms with van der Waals surface area (Å²) >= 11 is 6.47. The van der Waals surface area contributed by atoms with Gasteiger partial charge >= 0.3 is 0 Å². The fraction of sp³-hybridized carbons (Fsp3) is 0.312. The van der Waals surface area contributed by atoms with Gasteiger partial charge < -0.3 is 14.5 Å². The van der Waals surface area contributed by atoms with Crippen molar-refractivity contribution in [3.63, 3.8) is 0 Å². The van der Waals surface area contributed by atoms with E-state index in [4.69, 9.17) is 20.8 Å². The number of carbonyl (C=O) groups is 1. The van der Waals surface area contributed by atoms with Crippen LogP contribution in [0.1, 0.15) is 39.7 Å². The van der Waals surface area contributed by atoms with Crippen molar-refractivity contribution < 1.29 is 13.9 Å². The van der Waals surface area contributed by atoms with Crippen LogP contribution in [0.25, 0.3) is 0 Å². The van der Waals surface area contributed by atoms with Gasteiger partial charge in [0.25, 0.3) is 5.91 Å². The molecule has 1 aromatic carbocycles. The number of fused-ring (bicyclic) bond motifs is 1. The predicted molar refractivity (Wildman–Crippen MR) is 80.1 cm³/mol. The highest BCUT2D eigenvalue weighted by Crippen LogP contribution is 2.33. The van der Waals surface area contributed by atoms with Gasteiger partial charge in [-0.25, -0.2) is 0 Å². The lowest BCUT2D eigenvalue weighted by Crippen LogP contribution is -2.24. The van der Waals surface area contributed by atoms with Crippen LogP contribution in [0.4, 0.5) is 0 Å². The van der Waals surface area contributed by atoms with Crippen molar-refractivity contribution in [2.24, 2.45) is 0 Å². The number of halogens is 1. The highest BCUT2D eigenvalue weighted by molar-refractivity contribution is 6.22. The Morgan fingerprint density at radius 1 is 1.33 bits per heavy atom. The zero-order chi connectivity index (χ0) is 14.8. The van der Waals surface area contributed by atoms with Crippen molar-refractivity contribution in [3.05, 3.63) is 53.0 Å². The average molecular weight is 306 g/mol. The van der Waals surface area contributed by atoms with Gasteiger partial charge in [0.2, 0.25) is 0 Å².